The lowest BCUT2D eigenvalue weighted by atomic mass is 10.8. The molecular formula is C5H9NO3. The maximum Gasteiger partial charge on any atom is 0.436 e. The highest BCUT2D eigenvalue weighted by molar-refractivity contribution is 5.86. The molecule has 0 aliphatic heterocycles. The summed E-state index contributed by atoms with van der Waals surface area (Å²) in [7, 11) is 2.69. The quantitative estimate of drug-likeness (QED) is 0.361. The van der Waals surface area contributed by atoms with Gasteiger partial charge in [-0.2, -0.15) is 0 Å². The minimum absolute atomic E-state index is 0.293. The molecule has 1 amide bonds. The summed E-state index contributed by atoms with van der Waals surface area (Å²) in [6.07, 6.45) is -0.644. The summed E-state index contributed by atoms with van der Waals surface area (Å²) in [6.45, 7) is 1.57. The van der Waals surface area contributed by atoms with Crippen molar-refractivity contribution in [1.29, 1.82) is 0 Å². The van der Waals surface area contributed by atoms with Gasteiger partial charge in [-0.1, -0.05) is 0 Å². The Morgan fingerprint density at radius 1 is 1.33 bits per heavy atom. The van der Waals surface area contributed by atoms with Crippen LogP contribution in [0, 0.1) is 0 Å². The molecule has 4 heteroatoms. The lowest BCUT2D eigenvalue weighted by molar-refractivity contribution is 0.181. The molecule has 0 saturated carbocycles. The predicted molar refractivity (Wildman–Crippen MR) is 32.5 cm³/mol. The molecular weight excluding hydrogens is 122 g/mol. The van der Waals surface area contributed by atoms with Gasteiger partial charge in [-0.3, -0.25) is 0 Å². The molecule has 0 rings (SSSR count). The zero-order chi connectivity index (χ0) is 7.28. The number of ether oxygens (including phenoxy) is 2. The van der Waals surface area contributed by atoms with Gasteiger partial charge in [0.05, 0.1) is 14.2 Å². The normalized spacial score (nSPS) is 10.8. The number of amides is 1. The Hall–Kier alpha value is -1.06. The number of carbonyl (C=O) groups excluding carboxylic acids is 1. The summed E-state index contributed by atoms with van der Waals surface area (Å²) in [5, 5.41) is 0. The first-order valence-corrected chi connectivity index (χ1v) is 2.38. The Morgan fingerprint density at radius 2 is 1.89 bits per heavy atom. The fraction of sp³-hybridized carbons (Fsp3) is 0.600. The van der Waals surface area contributed by atoms with Crippen molar-refractivity contribution in [3.05, 3.63) is 0 Å². The number of carbonyl (C=O) groups is 1. The Labute approximate surface area is 53.5 Å². The van der Waals surface area contributed by atoms with Crippen molar-refractivity contribution < 1.29 is 14.3 Å². The second-order valence-electron chi connectivity index (χ2n) is 1.30. The Morgan fingerprint density at radius 3 is 2.22 bits per heavy atom. The number of rotatable bonds is 0. The Kier molecular flexibility index (Phi) is 3.43. The molecule has 0 aromatic heterocycles. The average molecular weight is 131 g/mol. The largest absolute Gasteiger partial charge is 0.484 e. The van der Waals surface area contributed by atoms with Crippen molar-refractivity contribution in [2.24, 2.45) is 4.99 Å². The molecule has 0 spiro atoms. The molecule has 52 valence electrons. The molecule has 0 atom stereocenters. The van der Waals surface area contributed by atoms with Crippen LogP contribution in [0.4, 0.5) is 4.79 Å². The van der Waals surface area contributed by atoms with E-state index >= 15 is 0 Å². The van der Waals surface area contributed by atoms with Crippen molar-refractivity contribution in [2.45, 2.75) is 6.92 Å². The van der Waals surface area contributed by atoms with Gasteiger partial charge in [0.1, 0.15) is 0 Å². The van der Waals surface area contributed by atoms with Crippen LogP contribution in [0.5, 0.6) is 0 Å². The summed E-state index contributed by atoms with van der Waals surface area (Å²) < 4.78 is 8.79. The fourth-order valence-corrected chi connectivity index (χ4v) is 0.220. The highest BCUT2D eigenvalue weighted by atomic mass is 16.5. The molecule has 0 saturated heterocycles. The van der Waals surface area contributed by atoms with Crippen molar-refractivity contribution in [2.75, 3.05) is 14.2 Å². The van der Waals surface area contributed by atoms with Gasteiger partial charge in [0.15, 0.2) is 5.90 Å². The average Bonchev–Trinajstić information content (AvgIpc) is 1.87. The van der Waals surface area contributed by atoms with E-state index in [0.29, 0.717) is 5.90 Å². The first kappa shape index (κ1) is 7.94. The predicted octanol–water partition coefficient (Wildman–Crippen LogP) is 0.818. The van der Waals surface area contributed by atoms with E-state index in [1.54, 1.807) is 6.92 Å². The summed E-state index contributed by atoms with van der Waals surface area (Å²) >= 11 is 0. The van der Waals surface area contributed by atoms with Crippen molar-refractivity contribution in [3.63, 3.8) is 0 Å². The molecule has 0 aromatic carbocycles. The van der Waals surface area contributed by atoms with E-state index in [0.717, 1.165) is 0 Å². The van der Waals surface area contributed by atoms with E-state index in [1.165, 1.54) is 14.2 Å². The van der Waals surface area contributed by atoms with Crippen LogP contribution in [-0.4, -0.2) is 26.2 Å². The van der Waals surface area contributed by atoms with Crippen LogP contribution < -0.4 is 0 Å². The van der Waals surface area contributed by atoms with Crippen LogP contribution in [0.2, 0.25) is 0 Å². The topological polar surface area (TPSA) is 47.9 Å². The molecule has 9 heavy (non-hydrogen) atoms. The van der Waals surface area contributed by atoms with E-state index in [9.17, 15) is 4.79 Å². The van der Waals surface area contributed by atoms with Gasteiger partial charge in [-0.25, -0.2) is 4.79 Å². The van der Waals surface area contributed by atoms with Crippen LogP contribution in [0.1, 0.15) is 6.92 Å². The summed E-state index contributed by atoms with van der Waals surface area (Å²) in [5.74, 6) is 0.293. The zero-order valence-electron chi connectivity index (χ0n) is 5.67. The number of aliphatic imine (C=N–C) groups is 1. The molecule has 0 bridgehead atoms. The lowest BCUT2D eigenvalue weighted by Crippen LogP contribution is -2.00. The molecule has 4 nitrogen and oxygen atoms in total. The molecule has 0 aliphatic rings. The molecule has 0 unspecified atom stereocenters. The van der Waals surface area contributed by atoms with Crippen LogP contribution in [0.25, 0.3) is 0 Å². The summed E-state index contributed by atoms with van der Waals surface area (Å²) in [6, 6.07) is 0. The molecule has 0 fully saturated rings. The molecule has 0 aromatic rings. The third-order valence-corrected chi connectivity index (χ3v) is 0.719. The summed E-state index contributed by atoms with van der Waals surface area (Å²) in [5.41, 5.74) is 0. The number of hydrogen-bond donors (Lipinski definition) is 0. The summed E-state index contributed by atoms with van der Waals surface area (Å²) in [4.78, 5) is 13.6. The highest BCUT2D eigenvalue weighted by Gasteiger charge is 1.94. The van der Waals surface area contributed by atoms with E-state index in [2.05, 4.69) is 14.5 Å². The molecule has 0 heterocycles. The smallest absolute Gasteiger partial charge is 0.436 e. The van der Waals surface area contributed by atoms with E-state index in [1.807, 2.05) is 0 Å². The first-order chi connectivity index (χ1) is 4.20. The zero-order valence-corrected chi connectivity index (χ0v) is 5.67. The maximum atomic E-state index is 10.3. The highest BCUT2D eigenvalue weighted by Crippen LogP contribution is 1.82. The van der Waals surface area contributed by atoms with Gasteiger partial charge in [-0.05, 0) is 0 Å². The van der Waals surface area contributed by atoms with E-state index in [-0.39, 0.29) is 0 Å². The maximum absolute atomic E-state index is 10.3. The van der Waals surface area contributed by atoms with Crippen LogP contribution >= 0.6 is 0 Å². The Balaban J connectivity index is 3.79. The van der Waals surface area contributed by atoms with E-state index in [4.69, 9.17) is 0 Å². The van der Waals surface area contributed by atoms with Gasteiger partial charge < -0.3 is 9.47 Å². The third kappa shape index (κ3) is 3.52. The standard InChI is InChI=1S/C5H9NO3/c1-4(8-2)6-5(7)9-3/h1-3H3/b6-4+. The van der Waals surface area contributed by atoms with Crippen molar-refractivity contribution >= 4 is 12.0 Å². The van der Waals surface area contributed by atoms with Gasteiger partial charge in [0, 0.05) is 6.92 Å². The second kappa shape index (κ2) is 3.88. The lowest BCUT2D eigenvalue weighted by Gasteiger charge is -1.94. The number of hydrogen-bond acceptors (Lipinski definition) is 3. The monoisotopic (exact) mass is 131 g/mol. The van der Waals surface area contributed by atoms with Crippen LogP contribution in [-0.2, 0) is 9.47 Å². The van der Waals surface area contributed by atoms with Crippen LogP contribution in [0.15, 0.2) is 4.99 Å². The van der Waals surface area contributed by atoms with Gasteiger partial charge >= 0.3 is 6.09 Å². The third-order valence-electron chi connectivity index (χ3n) is 0.719. The number of methoxy groups -OCH3 is 2. The van der Waals surface area contributed by atoms with Gasteiger partial charge in [0.25, 0.3) is 0 Å². The van der Waals surface area contributed by atoms with Gasteiger partial charge in [-0.15, -0.1) is 4.99 Å². The van der Waals surface area contributed by atoms with Crippen molar-refractivity contribution in [1.82, 2.24) is 0 Å². The fourth-order valence-electron chi connectivity index (χ4n) is 0.220. The number of nitrogens with zero attached hydrogens (tertiary/aromatic N) is 1. The van der Waals surface area contributed by atoms with E-state index < -0.39 is 6.09 Å². The van der Waals surface area contributed by atoms with Crippen molar-refractivity contribution in [3.8, 4) is 0 Å². The van der Waals surface area contributed by atoms with Gasteiger partial charge in [0.2, 0.25) is 0 Å². The minimum Gasteiger partial charge on any atom is -0.484 e. The Bertz CT molecular complexity index is 130. The SMILES string of the molecule is COC(=O)/N=C(\C)OC. The molecule has 0 radical (unpaired) electrons. The minimum atomic E-state index is -0.644. The second-order valence-corrected chi connectivity index (χ2v) is 1.30. The molecule has 0 N–H and O–H groups in total. The van der Waals surface area contributed by atoms with Crippen LogP contribution in [0.3, 0.4) is 0 Å². The molecule has 0 aliphatic carbocycles. The first-order valence-electron chi connectivity index (χ1n) is 2.38.